The van der Waals surface area contributed by atoms with Gasteiger partial charge in [0.15, 0.2) is 0 Å². The molecule has 0 unspecified atom stereocenters. The molecule has 3 aromatic rings. The van der Waals surface area contributed by atoms with Crippen molar-refractivity contribution in [3.8, 4) is 0 Å². The van der Waals surface area contributed by atoms with Gasteiger partial charge in [-0.05, 0) is 42.0 Å². The first-order valence-electron chi connectivity index (χ1n) is 6.69. The lowest BCUT2D eigenvalue weighted by Crippen LogP contribution is -1.96. The summed E-state index contributed by atoms with van der Waals surface area (Å²) in [5.74, 6) is 0. The van der Waals surface area contributed by atoms with Crippen molar-refractivity contribution in [1.29, 1.82) is 0 Å². The van der Waals surface area contributed by atoms with E-state index in [4.69, 9.17) is 0 Å². The predicted octanol–water partition coefficient (Wildman–Crippen LogP) is 4.48. The van der Waals surface area contributed by atoms with Crippen LogP contribution in [0.15, 0.2) is 66.4 Å². The molecule has 92 valence electrons. The molecule has 1 aliphatic rings. The summed E-state index contributed by atoms with van der Waals surface area (Å²) >= 11 is 0. The van der Waals surface area contributed by atoms with Gasteiger partial charge in [-0.2, -0.15) is 0 Å². The quantitative estimate of drug-likeness (QED) is 0.596. The summed E-state index contributed by atoms with van der Waals surface area (Å²) in [4.78, 5) is 0. The maximum absolute atomic E-state index is 2.33. The molecule has 0 saturated heterocycles. The lowest BCUT2D eigenvalue weighted by molar-refractivity contribution is 1.13. The van der Waals surface area contributed by atoms with Crippen molar-refractivity contribution in [2.24, 2.45) is 0 Å². The van der Waals surface area contributed by atoms with E-state index in [0.717, 1.165) is 6.42 Å². The Hall–Kier alpha value is -2.28. The van der Waals surface area contributed by atoms with Crippen LogP contribution in [0.25, 0.3) is 16.6 Å². The second kappa shape index (κ2) is 3.86. The van der Waals surface area contributed by atoms with Crippen LogP contribution in [0.2, 0.25) is 0 Å². The van der Waals surface area contributed by atoms with Crippen LogP contribution in [0, 0.1) is 0 Å². The van der Waals surface area contributed by atoms with Crippen LogP contribution >= 0.6 is 0 Å². The molecular weight excluding hydrogens is 230 g/mol. The first-order valence-corrected chi connectivity index (χ1v) is 6.69. The van der Waals surface area contributed by atoms with Gasteiger partial charge in [0.1, 0.15) is 0 Å². The van der Waals surface area contributed by atoms with Crippen molar-refractivity contribution in [3.63, 3.8) is 0 Å². The Morgan fingerprint density at radius 2 is 1.68 bits per heavy atom. The lowest BCUT2D eigenvalue weighted by Gasteiger charge is -2.10. The summed E-state index contributed by atoms with van der Waals surface area (Å²) < 4.78 is 2.33. The number of hydrogen-bond donors (Lipinski definition) is 0. The van der Waals surface area contributed by atoms with Crippen molar-refractivity contribution >= 4 is 16.6 Å². The number of fused-ring (bicyclic) bond motifs is 2. The Morgan fingerprint density at radius 3 is 2.63 bits per heavy atom. The van der Waals surface area contributed by atoms with E-state index < -0.39 is 0 Å². The summed E-state index contributed by atoms with van der Waals surface area (Å²) in [6.45, 7) is 2.24. The molecule has 1 aliphatic carbocycles. The largest absolute Gasteiger partial charge is 0.316 e. The fourth-order valence-corrected chi connectivity index (χ4v) is 3.12. The van der Waals surface area contributed by atoms with Gasteiger partial charge in [-0.25, -0.2) is 0 Å². The van der Waals surface area contributed by atoms with Gasteiger partial charge in [-0.3, -0.25) is 0 Å². The fraction of sp³-hybridized carbons (Fsp3) is 0.111. The fourth-order valence-electron chi connectivity index (χ4n) is 3.12. The number of aromatic nitrogens is 1. The van der Waals surface area contributed by atoms with Gasteiger partial charge in [0.2, 0.25) is 0 Å². The highest BCUT2D eigenvalue weighted by atomic mass is 15.0. The Balaban J connectivity index is 2.00. The summed E-state index contributed by atoms with van der Waals surface area (Å²) in [5.41, 5.74) is 6.90. The number of benzene rings is 2. The highest BCUT2D eigenvalue weighted by molar-refractivity contribution is 5.88. The first-order chi connectivity index (χ1) is 9.34. The van der Waals surface area contributed by atoms with E-state index in [2.05, 4.69) is 72.3 Å². The highest BCUT2D eigenvalue weighted by Crippen LogP contribution is 2.35. The van der Waals surface area contributed by atoms with Crippen LogP contribution in [-0.2, 0) is 6.42 Å². The zero-order valence-electron chi connectivity index (χ0n) is 10.9. The Bertz CT molecular complexity index is 805. The van der Waals surface area contributed by atoms with E-state index in [0.29, 0.717) is 0 Å². The first kappa shape index (κ1) is 10.6. The second-order valence-electron chi connectivity index (χ2n) is 5.21. The molecular formula is C18H15N. The third-order valence-corrected chi connectivity index (χ3v) is 3.97. The minimum Gasteiger partial charge on any atom is -0.316 e. The number of nitrogens with zero attached hydrogens (tertiary/aromatic N) is 1. The van der Waals surface area contributed by atoms with Crippen molar-refractivity contribution in [1.82, 2.24) is 4.57 Å². The van der Waals surface area contributed by atoms with Crippen molar-refractivity contribution in [2.75, 3.05) is 0 Å². The summed E-state index contributed by atoms with van der Waals surface area (Å²) in [6, 6.07) is 19.5. The smallest absolute Gasteiger partial charge is 0.0528 e. The molecule has 1 aromatic heterocycles. The molecule has 0 bridgehead atoms. The molecule has 1 heterocycles. The van der Waals surface area contributed by atoms with E-state index >= 15 is 0 Å². The minimum absolute atomic E-state index is 1.07. The summed E-state index contributed by atoms with van der Waals surface area (Å²) in [7, 11) is 0. The molecule has 0 N–H and O–H groups in total. The van der Waals surface area contributed by atoms with Crippen LogP contribution in [-0.4, -0.2) is 4.57 Å². The van der Waals surface area contributed by atoms with Gasteiger partial charge in [0.05, 0.1) is 11.2 Å². The van der Waals surface area contributed by atoms with Crippen LogP contribution in [0.5, 0.6) is 0 Å². The van der Waals surface area contributed by atoms with Crippen molar-refractivity contribution in [3.05, 3.63) is 77.5 Å². The van der Waals surface area contributed by atoms with Gasteiger partial charge in [0, 0.05) is 11.8 Å². The molecule has 0 amide bonds. The molecule has 4 rings (SSSR count). The van der Waals surface area contributed by atoms with E-state index in [1.54, 1.807) is 0 Å². The summed E-state index contributed by atoms with van der Waals surface area (Å²) in [5, 5.41) is 1.30. The molecule has 2 aromatic carbocycles. The van der Waals surface area contributed by atoms with E-state index in [9.17, 15) is 0 Å². The molecule has 0 saturated carbocycles. The Kier molecular flexibility index (Phi) is 2.16. The lowest BCUT2D eigenvalue weighted by atomic mass is 10.1. The third-order valence-electron chi connectivity index (χ3n) is 3.97. The molecule has 0 spiro atoms. The number of allylic oxidation sites excluding steroid dienone is 1. The van der Waals surface area contributed by atoms with E-state index in [1.165, 1.54) is 33.3 Å². The third kappa shape index (κ3) is 1.48. The maximum atomic E-state index is 2.33. The number of hydrogen-bond acceptors (Lipinski definition) is 0. The van der Waals surface area contributed by atoms with Crippen LogP contribution in [0.1, 0.15) is 18.1 Å². The average molecular weight is 245 g/mol. The molecule has 19 heavy (non-hydrogen) atoms. The second-order valence-corrected chi connectivity index (χ2v) is 5.21. The standard InChI is InChI=1S/C18H15N/c1-13-12-15-7-2-4-8-16(15)18(13)19-11-10-14-6-3-5-9-17(14)19/h2-11H,12H2,1H3. The Morgan fingerprint density at radius 1 is 0.895 bits per heavy atom. The van der Waals surface area contributed by atoms with Gasteiger partial charge in [-0.1, -0.05) is 42.5 Å². The Labute approximate surface area is 112 Å². The van der Waals surface area contributed by atoms with Crippen LogP contribution in [0.3, 0.4) is 0 Å². The topological polar surface area (TPSA) is 4.93 Å². The molecule has 1 nitrogen and oxygen atoms in total. The predicted molar refractivity (Wildman–Crippen MR) is 80.1 cm³/mol. The van der Waals surface area contributed by atoms with Crippen molar-refractivity contribution in [2.45, 2.75) is 13.3 Å². The highest BCUT2D eigenvalue weighted by Gasteiger charge is 2.20. The molecule has 1 heteroatoms. The van der Waals surface area contributed by atoms with Gasteiger partial charge >= 0.3 is 0 Å². The van der Waals surface area contributed by atoms with E-state index in [1.807, 2.05) is 0 Å². The summed E-state index contributed by atoms with van der Waals surface area (Å²) in [6.07, 6.45) is 3.25. The van der Waals surface area contributed by atoms with Crippen LogP contribution < -0.4 is 0 Å². The SMILES string of the molecule is CC1=C(n2ccc3ccccc32)c2ccccc2C1. The van der Waals surface area contributed by atoms with Gasteiger partial charge in [-0.15, -0.1) is 0 Å². The normalized spacial score (nSPS) is 14.2. The van der Waals surface area contributed by atoms with E-state index in [-0.39, 0.29) is 0 Å². The number of para-hydroxylation sites is 1. The van der Waals surface area contributed by atoms with Gasteiger partial charge in [0.25, 0.3) is 0 Å². The van der Waals surface area contributed by atoms with Crippen LogP contribution in [0.4, 0.5) is 0 Å². The maximum Gasteiger partial charge on any atom is 0.0528 e. The molecule has 0 atom stereocenters. The molecule has 0 aliphatic heterocycles. The minimum atomic E-state index is 1.07. The molecule has 0 radical (unpaired) electrons. The number of rotatable bonds is 1. The monoisotopic (exact) mass is 245 g/mol. The molecule has 0 fully saturated rings. The average Bonchev–Trinajstić information content (AvgIpc) is 2.98. The zero-order valence-corrected chi connectivity index (χ0v) is 10.9. The van der Waals surface area contributed by atoms with Crippen molar-refractivity contribution < 1.29 is 0 Å². The zero-order chi connectivity index (χ0) is 12.8. The van der Waals surface area contributed by atoms with Gasteiger partial charge < -0.3 is 4.57 Å².